The first-order chi connectivity index (χ1) is 15.0. The zero-order chi connectivity index (χ0) is 22.0. The van der Waals surface area contributed by atoms with Gasteiger partial charge in [0.05, 0.1) is 23.6 Å². The third kappa shape index (κ3) is 4.31. The summed E-state index contributed by atoms with van der Waals surface area (Å²) in [5.74, 6) is 0.903. The molecule has 2 aromatic carbocycles. The molecule has 0 aliphatic carbocycles. The highest BCUT2D eigenvalue weighted by atomic mass is 35.5. The lowest BCUT2D eigenvalue weighted by molar-refractivity contribution is -0.119. The van der Waals surface area contributed by atoms with E-state index in [1.807, 2.05) is 36.1 Å². The van der Waals surface area contributed by atoms with Crippen molar-refractivity contribution in [3.05, 3.63) is 53.1 Å². The van der Waals surface area contributed by atoms with Crippen LogP contribution < -0.4 is 10.1 Å². The van der Waals surface area contributed by atoms with Gasteiger partial charge in [0, 0.05) is 11.3 Å². The Morgan fingerprint density at radius 2 is 2.06 bits per heavy atom. The number of aliphatic imine (C=N–C) groups is 2. The lowest BCUT2D eigenvalue weighted by atomic mass is 10.1. The molecule has 1 N–H and O–H groups in total. The van der Waals surface area contributed by atoms with Crippen molar-refractivity contribution in [3.8, 4) is 5.75 Å². The molecule has 9 heteroatoms. The number of carbonyl (C=O) groups excluding carboxylic acids is 2. The number of halogens is 1. The number of methoxy groups -OCH3 is 1. The van der Waals surface area contributed by atoms with Crippen LogP contribution in [0, 0.1) is 0 Å². The lowest BCUT2D eigenvalue weighted by Crippen LogP contribution is -2.43. The average molecular weight is 457 g/mol. The maximum atomic E-state index is 12.6. The van der Waals surface area contributed by atoms with Crippen LogP contribution in [-0.4, -0.2) is 46.6 Å². The number of thioether (sulfide) groups is 1. The number of fused-ring (bicyclic) bond motifs is 3. The van der Waals surface area contributed by atoms with Crippen molar-refractivity contribution < 1.29 is 14.3 Å². The molecule has 160 valence electrons. The largest absolute Gasteiger partial charge is 0.495 e. The summed E-state index contributed by atoms with van der Waals surface area (Å²) in [6.07, 6.45) is 1.51. The van der Waals surface area contributed by atoms with E-state index < -0.39 is 0 Å². The van der Waals surface area contributed by atoms with Crippen LogP contribution in [0.15, 0.2) is 52.4 Å². The average Bonchev–Trinajstić information content (AvgIpc) is 3.09. The second kappa shape index (κ2) is 9.11. The molecule has 2 amide bonds. The summed E-state index contributed by atoms with van der Waals surface area (Å²) in [7, 11) is 1.53. The standard InChI is InChI=1S/C22H21ClN4O3S/c1-3-6-17-21(29)26-20-14-7-4-5-8-16(14)25-22(27(17)20)31-12-19(28)24-13-9-10-18(30-2)15(23)11-13/h4-5,7-11,17H,3,6,12H2,1-2H3,(H,24,28). The summed E-state index contributed by atoms with van der Waals surface area (Å²) >= 11 is 7.41. The highest BCUT2D eigenvalue weighted by Gasteiger charge is 2.41. The zero-order valence-corrected chi connectivity index (χ0v) is 18.7. The lowest BCUT2D eigenvalue weighted by Gasteiger charge is -2.30. The van der Waals surface area contributed by atoms with Crippen LogP contribution >= 0.6 is 23.4 Å². The van der Waals surface area contributed by atoms with E-state index in [0.717, 1.165) is 17.7 Å². The van der Waals surface area contributed by atoms with Gasteiger partial charge in [0.25, 0.3) is 5.91 Å². The van der Waals surface area contributed by atoms with E-state index in [2.05, 4.69) is 10.3 Å². The molecule has 0 saturated heterocycles. The third-order valence-electron chi connectivity index (χ3n) is 4.94. The van der Waals surface area contributed by atoms with Gasteiger partial charge in [0.2, 0.25) is 5.91 Å². The monoisotopic (exact) mass is 456 g/mol. The minimum atomic E-state index is -0.386. The zero-order valence-electron chi connectivity index (χ0n) is 17.1. The number of benzene rings is 2. The second-order valence-corrected chi connectivity index (χ2v) is 8.40. The first-order valence-corrected chi connectivity index (χ1v) is 11.2. The Bertz CT molecular complexity index is 1100. The molecular weight excluding hydrogens is 436 g/mol. The van der Waals surface area contributed by atoms with Gasteiger partial charge in [-0.1, -0.05) is 48.8 Å². The molecule has 2 heterocycles. The number of nitrogens with one attached hydrogen (secondary N) is 1. The van der Waals surface area contributed by atoms with Crippen molar-refractivity contribution >= 4 is 57.6 Å². The minimum absolute atomic E-state index is 0.126. The van der Waals surface area contributed by atoms with Gasteiger partial charge in [0.1, 0.15) is 17.6 Å². The molecule has 4 rings (SSSR count). The number of anilines is 1. The number of amidine groups is 2. The Morgan fingerprint density at radius 1 is 1.26 bits per heavy atom. The van der Waals surface area contributed by atoms with Gasteiger partial charge < -0.3 is 10.1 Å². The Hall–Kier alpha value is -2.84. The quantitative estimate of drug-likeness (QED) is 0.692. The van der Waals surface area contributed by atoms with E-state index in [0.29, 0.717) is 33.9 Å². The van der Waals surface area contributed by atoms with Gasteiger partial charge in [-0.15, -0.1) is 0 Å². The summed E-state index contributed by atoms with van der Waals surface area (Å²) in [6.45, 7) is 2.03. The summed E-state index contributed by atoms with van der Waals surface area (Å²) < 4.78 is 5.13. The predicted molar refractivity (Wildman–Crippen MR) is 125 cm³/mol. The SMILES string of the molecule is CCCC1C(=O)N=C2c3ccccc3N=C(SCC(=O)Nc3ccc(OC)c(Cl)c3)N21. The van der Waals surface area contributed by atoms with E-state index in [9.17, 15) is 9.59 Å². The molecule has 0 bridgehead atoms. The smallest absolute Gasteiger partial charge is 0.270 e. The molecular formula is C22H21ClN4O3S. The second-order valence-electron chi connectivity index (χ2n) is 7.05. The Labute approximate surface area is 189 Å². The number of nitrogens with zero attached hydrogens (tertiary/aromatic N) is 3. The van der Waals surface area contributed by atoms with Gasteiger partial charge in [-0.05, 0) is 36.8 Å². The van der Waals surface area contributed by atoms with Crippen molar-refractivity contribution in [3.63, 3.8) is 0 Å². The highest BCUT2D eigenvalue weighted by molar-refractivity contribution is 8.14. The normalized spacial score (nSPS) is 16.9. The van der Waals surface area contributed by atoms with Crippen molar-refractivity contribution in [2.45, 2.75) is 25.8 Å². The Balaban J connectivity index is 1.52. The molecule has 0 spiro atoms. The maximum absolute atomic E-state index is 12.6. The van der Waals surface area contributed by atoms with Crippen LogP contribution in [0.5, 0.6) is 5.75 Å². The summed E-state index contributed by atoms with van der Waals surface area (Å²) in [5.41, 5.74) is 2.15. The Kier molecular flexibility index (Phi) is 6.29. The van der Waals surface area contributed by atoms with Crippen LogP contribution in [0.1, 0.15) is 25.3 Å². The predicted octanol–water partition coefficient (Wildman–Crippen LogP) is 4.48. The van der Waals surface area contributed by atoms with Gasteiger partial charge >= 0.3 is 0 Å². The first kappa shape index (κ1) is 21.4. The molecule has 7 nitrogen and oxygen atoms in total. The number of hydrogen-bond donors (Lipinski definition) is 1. The molecule has 0 fully saturated rings. The fourth-order valence-corrected chi connectivity index (χ4v) is 4.63. The van der Waals surface area contributed by atoms with Gasteiger partial charge in [-0.3, -0.25) is 14.5 Å². The van der Waals surface area contributed by atoms with E-state index in [1.165, 1.54) is 18.9 Å². The number of rotatable bonds is 6. The Morgan fingerprint density at radius 3 is 2.81 bits per heavy atom. The summed E-state index contributed by atoms with van der Waals surface area (Å²) in [5, 5.41) is 3.85. The van der Waals surface area contributed by atoms with Crippen LogP contribution in [0.2, 0.25) is 5.02 Å². The minimum Gasteiger partial charge on any atom is -0.495 e. The molecule has 1 atom stereocenters. The number of amides is 2. The van der Waals surface area contributed by atoms with Crippen LogP contribution in [-0.2, 0) is 9.59 Å². The van der Waals surface area contributed by atoms with E-state index >= 15 is 0 Å². The molecule has 1 unspecified atom stereocenters. The molecule has 2 aliphatic heterocycles. The number of carbonyl (C=O) groups is 2. The fourth-order valence-electron chi connectivity index (χ4n) is 3.52. The molecule has 2 aromatic rings. The van der Waals surface area contributed by atoms with Gasteiger partial charge in [0.15, 0.2) is 5.17 Å². The van der Waals surface area contributed by atoms with Crippen molar-refractivity contribution in [2.24, 2.45) is 9.98 Å². The molecule has 0 radical (unpaired) electrons. The van der Waals surface area contributed by atoms with Crippen LogP contribution in [0.25, 0.3) is 0 Å². The van der Waals surface area contributed by atoms with Crippen molar-refractivity contribution in [1.82, 2.24) is 4.90 Å². The van der Waals surface area contributed by atoms with Crippen molar-refractivity contribution in [1.29, 1.82) is 0 Å². The maximum Gasteiger partial charge on any atom is 0.270 e. The topological polar surface area (TPSA) is 83.4 Å². The molecule has 0 saturated carbocycles. The van der Waals surface area contributed by atoms with Gasteiger partial charge in [-0.25, -0.2) is 4.99 Å². The van der Waals surface area contributed by atoms with E-state index in [1.54, 1.807) is 18.2 Å². The van der Waals surface area contributed by atoms with Crippen LogP contribution in [0.3, 0.4) is 0 Å². The van der Waals surface area contributed by atoms with Gasteiger partial charge in [-0.2, -0.15) is 4.99 Å². The fraction of sp³-hybridized carbons (Fsp3) is 0.273. The third-order valence-corrected chi connectivity index (χ3v) is 6.19. The number of hydrogen-bond acceptors (Lipinski definition) is 6. The molecule has 2 aliphatic rings. The highest BCUT2D eigenvalue weighted by Crippen LogP contribution is 2.35. The molecule has 31 heavy (non-hydrogen) atoms. The van der Waals surface area contributed by atoms with E-state index in [4.69, 9.17) is 21.3 Å². The van der Waals surface area contributed by atoms with Crippen LogP contribution in [0.4, 0.5) is 11.4 Å². The van der Waals surface area contributed by atoms with E-state index in [-0.39, 0.29) is 23.6 Å². The summed E-state index contributed by atoms with van der Waals surface area (Å²) in [6, 6.07) is 12.3. The number of ether oxygens (including phenoxy) is 1. The van der Waals surface area contributed by atoms with Crippen molar-refractivity contribution in [2.75, 3.05) is 18.2 Å². The first-order valence-electron chi connectivity index (χ1n) is 9.88. The summed E-state index contributed by atoms with van der Waals surface area (Å²) in [4.78, 5) is 36.0. The molecule has 0 aromatic heterocycles. The number of para-hydroxylation sites is 1.